The molecular weight excluding hydrogens is 320 g/mol. The monoisotopic (exact) mass is 336 g/mol. The molecule has 116 valence electrons. The smallest absolute Gasteiger partial charge is 0.247 e. The standard InChI is InChI=1S/C15H16N2O3S2/c16-22(19,20)15-7-6-13(21-15)9-14(18)17-12-5-4-10-2-1-3-11(10)8-12/h4-8H,1-3,9H2,(H,17,18)(H2,16,19,20). The molecule has 1 aromatic heterocycles. The molecule has 0 spiro atoms. The summed E-state index contributed by atoms with van der Waals surface area (Å²) in [7, 11) is -3.70. The van der Waals surface area contributed by atoms with Gasteiger partial charge in [0.2, 0.25) is 15.9 Å². The van der Waals surface area contributed by atoms with E-state index in [-0.39, 0.29) is 16.5 Å². The van der Waals surface area contributed by atoms with E-state index in [0.29, 0.717) is 4.88 Å². The first kappa shape index (κ1) is 15.2. The Kier molecular flexibility index (Phi) is 4.03. The van der Waals surface area contributed by atoms with Crippen LogP contribution in [0.5, 0.6) is 0 Å². The lowest BCUT2D eigenvalue weighted by Crippen LogP contribution is -2.14. The summed E-state index contributed by atoms with van der Waals surface area (Å²) in [6.45, 7) is 0. The number of rotatable bonds is 4. The van der Waals surface area contributed by atoms with Crippen LogP contribution in [0.1, 0.15) is 22.4 Å². The molecule has 0 aliphatic heterocycles. The molecule has 1 amide bonds. The minimum Gasteiger partial charge on any atom is -0.326 e. The molecule has 0 bridgehead atoms. The maximum atomic E-state index is 12.1. The van der Waals surface area contributed by atoms with Crippen molar-refractivity contribution in [2.75, 3.05) is 5.32 Å². The average molecular weight is 336 g/mol. The molecule has 0 atom stereocenters. The molecule has 3 N–H and O–H groups in total. The quantitative estimate of drug-likeness (QED) is 0.895. The predicted molar refractivity (Wildman–Crippen MR) is 86.5 cm³/mol. The number of amides is 1. The number of carbonyl (C=O) groups is 1. The summed E-state index contributed by atoms with van der Waals surface area (Å²) in [4.78, 5) is 12.7. The number of carbonyl (C=O) groups excluding carboxylic acids is 1. The minimum absolute atomic E-state index is 0.0767. The molecule has 5 nitrogen and oxygen atoms in total. The highest BCUT2D eigenvalue weighted by Gasteiger charge is 2.14. The Balaban J connectivity index is 1.66. The van der Waals surface area contributed by atoms with Crippen LogP contribution in [0.25, 0.3) is 0 Å². The number of hydrogen-bond donors (Lipinski definition) is 2. The number of fused-ring (bicyclic) bond motifs is 1. The number of thiophene rings is 1. The van der Waals surface area contributed by atoms with E-state index in [1.807, 2.05) is 12.1 Å². The fourth-order valence-corrected chi connectivity index (χ4v) is 4.40. The molecule has 7 heteroatoms. The second-order valence-corrected chi connectivity index (χ2v) is 8.28. The Morgan fingerprint density at radius 1 is 1.18 bits per heavy atom. The van der Waals surface area contributed by atoms with Crippen molar-refractivity contribution < 1.29 is 13.2 Å². The molecule has 0 saturated heterocycles. The van der Waals surface area contributed by atoms with Crippen LogP contribution in [0.4, 0.5) is 5.69 Å². The third-order valence-electron chi connectivity index (χ3n) is 3.63. The molecule has 1 aliphatic carbocycles. The van der Waals surface area contributed by atoms with Crippen LogP contribution in [-0.4, -0.2) is 14.3 Å². The van der Waals surface area contributed by atoms with Crippen molar-refractivity contribution in [1.29, 1.82) is 0 Å². The lowest BCUT2D eigenvalue weighted by Gasteiger charge is -2.06. The third-order valence-corrected chi connectivity index (χ3v) is 6.16. The third kappa shape index (κ3) is 3.37. The number of aryl methyl sites for hydroxylation is 2. The molecule has 1 heterocycles. The fraction of sp³-hybridized carbons (Fsp3) is 0.267. The second kappa shape index (κ2) is 5.83. The number of sulfonamides is 1. The number of nitrogens with one attached hydrogen (secondary N) is 1. The van der Waals surface area contributed by atoms with Crippen LogP contribution in [0.3, 0.4) is 0 Å². The molecular formula is C15H16N2O3S2. The van der Waals surface area contributed by atoms with Gasteiger partial charge in [0.1, 0.15) is 4.21 Å². The summed E-state index contributed by atoms with van der Waals surface area (Å²) in [5.74, 6) is -0.166. The van der Waals surface area contributed by atoms with E-state index >= 15 is 0 Å². The van der Waals surface area contributed by atoms with Crippen LogP contribution in [0.2, 0.25) is 0 Å². The summed E-state index contributed by atoms with van der Waals surface area (Å²) >= 11 is 1.03. The maximum Gasteiger partial charge on any atom is 0.247 e. The van der Waals surface area contributed by atoms with E-state index in [0.717, 1.165) is 36.3 Å². The Morgan fingerprint density at radius 3 is 2.68 bits per heavy atom. The summed E-state index contributed by atoms with van der Waals surface area (Å²) in [5.41, 5.74) is 3.44. The Labute approximate surface area is 133 Å². The zero-order valence-electron chi connectivity index (χ0n) is 11.8. The fourth-order valence-electron chi connectivity index (χ4n) is 2.62. The summed E-state index contributed by atoms with van der Waals surface area (Å²) in [5, 5.41) is 7.91. The molecule has 1 aromatic carbocycles. The van der Waals surface area contributed by atoms with E-state index < -0.39 is 10.0 Å². The highest BCUT2D eigenvalue weighted by Crippen LogP contribution is 2.25. The van der Waals surface area contributed by atoms with Gasteiger partial charge in [0.15, 0.2) is 0 Å². The van der Waals surface area contributed by atoms with Gasteiger partial charge < -0.3 is 5.32 Å². The van der Waals surface area contributed by atoms with Crippen molar-refractivity contribution in [3.05, 3.63) is 46.3 Å². The number of nitrogens with two attached hydrogens (primary N) is 1. The van der Waals surface area contributed by atoms with Crippen molar-refractivity contribution in [2.24, 2.45) is 5.14 Å². The second-order valence-electron chi connectivity index (χ2n) is 5.33. The molecule has 0 fully saturated rings. The van der Waals surface area contributed by atoms with Crippen LogP contribution in [0, 0.1) is 0 Å². The Bertz CT molecular complexity index is 825. The van der Waals surface area contributed by atoms with E-state index in [1.54, 1.807) is 6.07 Å². The number of anilines is 1. The van der Waals surface area contributed by atoms with Gasteiger partial charge in [-0.3, -0.25) is 4.79 Å². The van der Waals surface area contributed by atoms with E-state index in [1.165, 1.54) is 17.2 Å². The van der Waals surface area contributed by atoms with Crippen LogP contribution in [0.15, 0.2) is 34.5 Å². The topological polar surface area (TPSA) is 89.3 Å². The van der Waals surface area contributed by atoms with Gasteiger partial charge in [-0.1, -0.05) is 6.07 Å². The van der Waals surface area contributed by atoms with Gasteiger partial charge in [0.25, 0.3) is 0 Å². The molecule has 0 unspecified atom stereocenters. The summed E-state index contributed by atoms with van der Waals surface area (Å²) < 4.78 is 22.5. The van der Waals surface area contributed by atoms with Gasteiger partial charge in [-0.15, -0.1) is 11.3 Å². The minimum atomic E-state index is -3.70. The SMILES string of the molecule is NS(=O)(=O)c1ccc(CC(=O)Nc2ccc3c(c2)CCC3)s1. The van der Waals surface area contributed by atoms with Crippen LogP contribution in [-0.2, 0) is 34.1 Å². The normalized spacial score (nSPS) is 13.9. The lowest BCUT2D eigenvalue weighted by molar-refractivity contribution is -0.115. The zero-order chi connectivity index (χ0) is 15.7. The van der Waals surface area contributed by atoms with Crippen LogP contribution >= 0.6 is 11.3 Å². The van der Waals surface area contributed by atoms with Gasteiger partial charge in [-0.2, -0.15) is 0 Å². The Hall–Kier alpha value is -1.70. The maximum absolute atomic E-state index is 12.1. The van der Waals surface area contributed by atoms with Gasteiger partial charge in [0, 0.05) is 10.6 Å². The molecule has 2 aromatic rings. The molecule has 1 aliphatic rings. The van der Waals surface area contributed by atoms with Gasteiger partial charge in [-0.05, 0) is 54.7 Å². The zero-order valence-corrected chi connectivity index (χ0v) is 13.5. The first-order valence-electron chi connectivity index (χ1n) is 6.95. The summed E-state index contributed by atoms with van der Waals surface area (Å²) in [6, 6.07) is 9.03. The van der Waals surface area contributed by atoms with Gasteiger partial charge in [0.05, 0.1) is 6.42 Å². The summed E-state index contributed by atoms with van der Waals surface area (Å²) in [6.07, 6.45) is 3.46. The highest BCUT2D eigenvalue weighted by atomic mass is 32.2. The van der Waals surface area contributed by atoms with E-state index in [2.05, 4.69) is 11.4 Å². The van der Waals surface area contributed by atoms with Gasteiger partial charge in [-0.25, -0.2) is 13.6 Å². The Morgan fingerprint density at radius 2 is 1.95 bits per heavy atom. The first-order valence-corrected chi connectivity index (χ1v) is 9.31. The molecule has 0 saturated carbocycles. The number of benzene rings is 1. The highest BCUT2D eigenvalue weighted by molar-refractivity contribution is 7.91. The molecule has 3 rings (SSSR count). The van der Waals surface area contributed by atoms with E-state index in [4.69, 9.17) is 5.14 Å². The molecule has 22 heavy (non-hydrogen) atoms. The van der Waals surface area contributed by atoms with Crippen LogP contribution < -0.4 is 10.5 Å². The number of primary sulfonamides is 1. The van der Waals surface area contributed by atoms with Crippen molar-refractivity contribution in [2.45, 2.75) is 29.9 Å². The van der Waals surface area contributed by atoms with Crippen molar-refractivity contribution in [3.63, 3.8) is 0 Å². The largest absolute Gasteiger partial charge is 0.326 e. The van der Waals surface area contributed by atoms with E-state index in [9.17, 15) is 13.2 Å². The first-order chi connectivity index (χ1) is 10.4. The van der Waals surface area contributed by atoms with Crippen molar-refractivity contribution >= 4 is 33.0 Å². The average Bonchev–Trinajstić information content (AvgIpc) is 3.05. The molecule has 0 radical (unpaired) electrons. The lowest BCUT2D eigenvalue weighted by atomic mass is 10.1. The predicted octanol–water partition coefficient (Wildman–Crippen LogP) is 2.07. The van der Waals surface area contributed by atoms with Crippen molar-refractivity contribution in [3.8, 4) is 0 Å². The van der Waals surface area contributed by atoms with Crippen molar-refractivity contribution in [1.82, 2.24) is 0 Å². The number of hydrogen-bond acceptors (Lipinski definition) is 4. The van der Waals surface area contributed by atoms with Gasteiger partial charge >= 0.3 is 0 Å².